The zero-order chi connectivity index (χ0) is 14.9. The van der Waals surface area contributed by atoms with Crippen LogP contribution in [-0.4, -0.2) is 55.7 Å². The van der Waals surface area contributed by atoms with Gasteiger partial charge < -0.3 is 23.7 Å². The van der Waals surface area contributed by atoms with E-state index < -0.39 is 55.7 Å². The van der Waals surface area contributed by atoms with Crippen LogP contribution in [0.1, 0.15) is 15.2 Å². The van der Waals surface area contributed by atoms with Crippen LogP contribution in [0.4, 0.5) is 0 Å². The Kier molecular flexibility index (Phi) is 3.34. The van der Waals surface area contributed by atoms with Crippen LogP contribution in [0.5, 0.6) is 0 Å². The number of hydrogen-bond acceptors (Lipinski definition) is 8. The van der Waals surface area contributed by atoms with Crippen molar-refractivity contribution < 1.29 is 39.4 Å². The van der Waals surface area contributed by atoms with Gasteiger partial charge in [-0.2, -0.15) is 0 Å². The van der Waals surface area contributed by atoms with Crippen molar-refractivity contribution in [2.24, 2.45) is 0 Å². The van der Waals surface area contributed by atoms with E-state index in [4.69, 9.17) is 25.1 Å². The molecule has 0 aromatic rings. The highest BCUT2D eigenvalue weighted by molar-refractivity contribution is 5.81. The average Bonchev–Trinajstić information content (AvgIpc) is 2.79. The summed E-state index contributed by atoms with van der Waals surface area (Å²) in [4.78, 5) is 33.7. The number of rotatable bonds is 3. The third-order valence-electron chi connectivity index (χ3n) is 2.75. The quantitative estimate of drug-likeness (QED) is 0.485. The standard InChI is InChI=1S/C11H14O8/c1-4(12)16-8-6-7(18-10(8)14)9(17-5(2)13)11(15-3)19-6/h6-9,11H,1-3H3/t6-,7-,8-,9+,11?/m0/s1/i3D. The van der Waals surface area contributed by atoms with E-state index in [1.165, 1.54) is 6.92 Å². The predicted octanol–water partition coefficient (Wildman–Crippen LogP) is -0.853. The molecular formula is C11H14O8. The second-order valence-electron chi connectivity index (χ2n) is 4.14. The van der Waals surface area contributed by atoms with Crippen LogP contribution in [0.25, 0.3) is 0 Å². The largest absolute Gasteiger partial charge is 0.453 e. The van der Waals surface area contributed by atoms with Gasteiger partial charge in [0, 0.05) is 20.9 Å². The molecule has 0 aliphatic carbocycles. The number of methoxy groups -OCH3 is 1. The summed E-state index contributed by atoms with van der Waals surface area (Å²) in [5.41, 5.74) is 0. The maximum Gasteiger partial charge on any atom is 0.350 e. The minimum Gasteiger partial charge on any atom is -0.453 e. The van der Waals surface area contributed by atoms with Gasteiger partial charge in [0.25, 0.3) is 0 Å². The summed E-state index contributed by atoms with van der Waals surface area (Å²) in [6.45, 7) is 2.34. The van der Waals surface area contributed by atoms with Gasteiger partial charge in [0.05, 0.1) is 1.37 Å². The number of hydrogen-bond donors (Lipinski definition) is 0. The van der Waals surface area contributed by atoms with E-state index in [1.807, 2.05) is 0 Å². The molecule has 2 rings (SSSR count). The van der Waals surface area contributed by atoms with Crippen molar-refractivity contribution in [2.45, 2.75) is 44.6 Å². The molecule has 5 atom stereocenters. The van der Waals surface area contributed by atoms with Gasteiger partial charge in [0.15, 0.2) is 18.5 Å². The number of carbonyl (C=O) groups is 3. The van der Waals surface area contributed by atoms with Crippen molar-refractivity contribution in [1.29, 1.82) is 0 Å². The van der Waals surface area contributed by atoms with Crippen molar-refractivity contribution >= 4 is 17.9 Å². The van der Waals surface area contributed by atoms with Crippen molar-refractivity contribution in [1.82, 2.24) is 0 Å². The van der Waals surface area contributed by atoms with Gasteiger partial charge in [-0.05, 0) is 0 Å². The number of esters is 3. The van der Waals surface area contributed by atoms with Crippen LogP contribution in [0.2, 0.25) is 0 Å². The summed E-state index contributed by atoms with van der Waals surface area (Å²) in [7, 11) is -0.423. The number of ether oxygens (including phenoxy) is 5. The molecule has 0 saturated carbocycles. The molecule has 106 valence electrons. The van der Waals surface area contributed by atoms with E-state index in [1.54, 1.807) is 0 Å². The fraction of sp³-hybridized carbons (Fsp3) is 0.727. The van der Waals surface area contributed by atoms with Crippen LogP contribution < -0.4 is 0 Å². The molecular weight excluding hydrogens is 260 g/mol. The van der Waals surface area contributed by atoms with E-state index in [0.717, 1.165) is 6.92 Å². The summed E-state index contributed by atoms with van der Waals surface area (Å²) >= 11 is 0. The SMILES string of the molecule is [2H]COC1O[C@H]2[C@H](OC(=O)[C@H]2OC(C)=O)[C@H]1OC(C)=O. The van der Waals surface area contributed by atoms with Gasteiger partial charge in [0.1, 0.15) is 6.10 Å². The lowest BCUT2D eigenvalue weighted by Gasteiger charge is -2.20. The molecule has 0 spiro atoms. The molecule has 0 bridgehead atoms. The first-order valence-electron chi connectivity index (χ1n) is 6.26. The topological polar surface area (TPSA) is 97.4 Å². The van der Waals surface area contributed by atoms with E-state index in [9.17, 15) is 14.4 Å². The molecule has 2 heterocycles. The van der Waals surface area contributed by atoms with Crippen LogP contribution in [0.3, 0.4) is 0 Å². The second kappa shape index (κ2) is 5.14. The van der Waals surface area contributed by atoms with Crippen molar-refractivity contribution in [2.75, 3.05) is 7.09 Å². The van der Waals surface area contributed by atoms with Crippen molar-refractivity contribution in [3.63, 3.8) is 0 Å². The van der Waals surface area contributed by atoms with Gasteiger partial charge in [-0.25, -0.2) is 4.79 Å². The lowest BCUT2D eigenvalue weighted by Crippen LogP contribution is -2.37. The lowest BCUT2D eigenvalue weighted by atomic mass is 10.1. The summed E-state index contributed by atoms with van der Waals surface area (Å²) in [5.74, 6) is -2.04. The average molecular weight is 275 g/mol. The molecule has 2 saturated heterocycles. The normalized spacial score (nSPS) is 37.3. The van der Waals surface area contributed by atoms with Crippen LogP contribution in [0, 0.1) is 0 Å². The Balaban J connectivity index is 2.16. The minimum absolute atomic E-state index is 0.423. The minimum atomic E-state index is -1.23. The molecule has 2 aliphatic rings. The predicted molar refractivity (Wildman–Crippen MR) is 56.7 cm³/mol. The highest BCUT2D eigenvalue weighted by atomic mass is 16.7. The Morgan fingerprint density at radius 2 is 1.89 bits per heavy atom. The smallest absolute Gasteiger partial charge is 0.350 e. The molecule has 0 radical (unpaired) electrons. The van der Waals surface area contributed by atoms with Gasteiger partial charge in [-0.15, -0.1) is 0 Å². The molecule has 19 heavy (non-hydrogen) atoms. The monoisotopic (exact) mass is 275 g/mol. The van der Waals surface area contributed by atoms with E-state index >= 15 is 0 Å². The van der Waals surface area contributed by atoms with Crippen molar-refractivity contribution in [3.05, 3.63) is 0 Å². The Bertz CT molecular complexity index is 425. The van der Waals surface area contributed by atoms with Crippen LogP contribution in [0.15, 0.2) is 0 Å². The van der Waals surface area contributed by atoms with Crippen LogP contribution >= 0.6 is 0 Å². The van der Waals surface area contributed by atoms with Gasteiger partial charge in [-0.3, -0.25) is 9.59 Å². The fourth-order valence-electron chi connectivity index (χ4n) is 2.11. The first-order valence-corrected chi connectivity index (χ1v) is 5.55. The highest BCUT2D eigenvalue weighted by Gasteiger charge is 2.60. The molecule has 0 aromatic carbocycles. The number of carbonyl (C=O) groups excluding carboxylic acids is 3. The number of fused-ring (bicyclic) bond motifs is 1. The molecule has 1 unspecified atom stereocenters. The van der Waals surface area contributed by atoms with Crippen LogP contribution in [-0.2, 0) is 38.1 Å². The molecule has 8 heteroatoms. The molecule has 0 amide bonds. The Hall–Kier alpha value is -1.67. The molecule has 0 aromatic heterocycles. The highest BCUT2D eigenvalue weighted by Crippen LogP contribution is 2.35. The van der Waals surface area contributed by atoms with Gasteiger partial charge in [-0.1, -0.05) is 0 Å². The first kappa shape index (κ1) is 12.4. The summed E-state index contributed by atoms with van der Waals surface area (Å²) < 4.78 is 32.2. The Labute approximate surface area is 110 Å². The fourth-order valence-corrected chi connectivity index (χ4v) is 2.11. The molecule has 2 aliphatic heterocycles. The summed E-state index contributed by atoms with van der Waals surface area (Å²) in [6.07, 6.45) is -5.11. The lowest BCUT2D eigenvalue weighted by molar-refractivity contribution is -0.195. The Morgan fingerprint density at radius 3 is 2.47 bits per heavy atom. The summed E-state index contributed by atoms with van der Waals surface area (Å²) in [6, 6.07) is 0. The first-order chi connectivity index (χ1) is 9.43. The van der Waals surface area contributed by atoms with E-state index in [-0.39, 0.29) is 0 Å². The van der Waals surface area contributed by atoms with Gasteiger partial charge >= 0.3 is 17.9 Å². The third kappa shape index (κ3) is 2.54. The third-order valence-corrected chi connectivity index (χ3v) is 2.75. The van der Waals surface area contributed by atoms with Crippen molar-refractivity contribution in [3.8, 4) is 0 Å². The summed E-state index contributed by atoms with van der Waals surface area (Å²) in [5, 5.41) is 0. The maximum atomic E-state index is 11.6. The maximum absolute atomic E-state index is 11.6. The molecule has 0 N–H and O–H groups in total. The molecule has 8 nitrogen and oxygen atoms in total. The molecule has 2 fully saturated rings. The Morgan fingerprint density at radius 1 is 1.21 bits per heavy atom. The van der Waals surface area contributed by atoms with E-state index in [0.29, 0.717) is 0 Å². The zero-order valence-corrected chi connectivity index (χ0v) is 10.4. The van der Waals surface area contributed by atoms with E-state index in [2.05, 4.69) is 0 Å². The van der Waals surface area contributed by atoms with Gasteiger partial charge in [0.2, 0.25) is 6.10 Å². The second-order valence-corrected chi connectivity index (χ2v) is 4.14. The zero-order valence-electron chi connectivity index (χ0n) is 11.4.